The molecule has 1 fully saturated rings. The van der Waals surface area contributed by atoms with Crippen LogP contribution in [0.1, 0.15) is 44.0 Å². The molecule has 0 radical (unpaired) electrons. The van der Waals surface area contributed by atoms with Crippen LogP contribution in [0.25, 0.3) is 0 Å². The molecule has 1 N–H and O–H groups in total. The average Bonchev–Trinajstić information content (AvgIpc) is 2.94. The normalized spacial score (nSPS) is 15.4. The highest BCUT2D eigenvalue weighted by atomic mass is 79.9. The Balaban J connectivity index is 1.61. The fraction of sp³-hybridized carbons (Fsp3) is 0.471. The van der Waals surface area contributed by atoms with E-state index in [0.717, 1.165) is 21.1 Å². The van der Waals surface area contributed by atoms with E-state index >= 15 is 0 Å². The summed E-state index contributed by atoms with van der Waals surface area (Å²) in [5, 5.41) is 12.3. The fourth-order valence-corrected chi connectivity index (χ4v) is 4.35. The number of benzene rings is 1. The second kappa shape index (κ2) is 8.16. The first-order chi connectivity index (χ1) is 11.6. The van der Waals surface area contributed by atoms with Crippen molar-refractivity contribution in [2.75, 3.05) is 11.1 Å². The van der Waals surface area contributed by atoms with E-state index in [4.69, 9.17) is 0 Å². The Morgan fingerprint density at radius 3 is 2.88 bits per heavy atom. The number of nitrogens with zero attached hydrogens (tertiary/aromatic N) is 3. The zero-order chi connectivity index (χ0) is 16.9. The Morgan fingerprint density at radius 1 is 1.33 bits per heavy atom. The van der Waals surface area contributed by atoms with Crippen molar-refractivity contribution in [2.24, 2.45) is 0 Å². The summed E-state index contributed by atoms with van der Waals surface area (Å²) < 4.78 is 3.16. The summed E-state index contributed by atoms with van der Waals surface area (Å²) in [6.07, 6.45) is 6.19. The maximum Gasteiger partial charge on any atom is 0.234 e. The number of amides is 1. The molecule has 3 rings (SSSR count). The molecule has 1 aromatic heterocycles. The smallest absolute Gasteiger partial charge is 0.234 e. The van der Waals surface area contributed by atoms with Crippen LogP contribution in [-0.2, 0) is 4.79 Å². The van der Waals surface area contributed by atoms with Crippen molar-refractivity contribution >= 4 is 39.3 Å². The van der Waals surface area contributed by atoms with Gasteiger partial charge in [-0.2, -0.15) is 0 Å². The molecule has 1 aliphatic carbocycles. The van der Waals surface area contributed by atoms with Crippen molar-refractivity contribution in [2.45, 2.75) is 50.2 Å². The summed E-state index contributed by atoms with van der Waals surface area (Å²) in [4.78, 5) is 12.2. The number of hydrogen-bond acceptors (Lipinski definition) is 4. The minimum atomic E-state index is -0.0334. The quantitative estimate of drug-likeness (QED) is 0.735. The zero-order valence-electron chi connectivity index (χ0n) is 13.7. The van der Waals surface area contributed by atoms with Gasteiger partial charge in [0.25, 0.3) is 0 Å². The molecular formula is C17H21BrN4OS. The van der Waals surface area contributed by atoms with E-state index in [1.165, 1.54) is 43.9 Å². The largest absolute Gasteiger partial charge is 0.325 e. The molecular weight excluding hydrogens is 388 g/mol. The van der Waals surface area contributed by atoms with Crippen LogP contribution in [-0.4, -0.2) is 26.4 Å². The van der Waals surface area contributed by atoms with E-state index in [0.29, 0.717) is 11.8 Å². The van der Waals surface area contributed by atoms with Gasteiger partial charge < -0.3 is 9.88 Å². The van der Waals surface area contributed by atoms with Crippen LogP contribution >= 0.6 is 27.7 Å². The van der Waals surface area contributed by atoms with Gasteiger partial charge >= 0.3 is 0 Å². The van der Waals surface area contributed by atoms with E-state index < -0.39 is 0 Å². The van der Waals surface area contributed by atoms with Gasteiger partial charge in [-0.05, 0) is 38.0 Å². The minimum absolute atomic E-state index is 0.0334. The van der Waals surface area contributed by atoms with Gasteiger partial charge in [-0.1, -0.05) is 53.0 Å². The highest BCUT2D eigenvalue weighted by Crippen LogP contribution is 2.32. The van der Waals surface area contributed by atoms with Gasteiger partial charge in [0, 0.05) is 16.2 Å². The molecule has 128 valence electrons. The minimum Gasteiger partial charge on any atom is -0.325 e. The molecule has 1 aliphatic rings. The second-order valence-corrected chi connectivity index (χ2v) is 7.90. The van der Waals surface area contributed by atoms with Crippen LogP contribution in [0.4, 0.5) is 5.69 Å². The molecule has 0 saturated heterocycles. The number of anilines is 1. The summed E-state index contributed by atoms with van der Waals surface area (Å²) in [7, 11) is 0. The molecule has 0 bridgehead atoms. The number of thioether (sulfide) groups is 1. The predicted molar refractivity (Wildman–Crippen MR) is 100 cm³/mol. The number of hydrogen-bond donors (Lipinski definition) is 1. The van der Waals surface area contributed by atoms with Crippen molar-refractivity contribution in [1.82, 2.24) is 14.8 Å². The van der Waals surface area contributed by atoms with E-state index in [2.05, 4.69) is 36.0 Å². The van der Waals surface area contributed by atoms with Crippen LogP contribution < -0.4 is 5.32 Å². The van der Waals surface area contributed by atoms with Gasteiger partial charge in [0.05, 0.1) is 5.75 Å². The number of rotatable bonds is 5. The predicted octanol–water partition coefficient (Wildman–Crippen LogP) is 4.59. The van der Waals surface area contributed by atoms with Crippen LogP contribution in [0.15, 0.2) is 33.9 Å². The first kappa shape index (κ1) is 17.5. The first-order valence-corrected chi connectivity index (χ1v) is 10.0. The highest BCUT2D eigenvalue weighted by molar-refractivity contribution is 9.10. The van der Waals surface area contributed by atoms with Gasteiger partial charge in [-0.15, -0.1) is 10.2 Å². The fourth-order valence-electron chi connectivity index (χ4n) is 3.10. The lowest BCUT2D eigenvalue weighted by Gasteiger charge is -2.24. The van der Waals surface area contributed by atoms with Gasteiger partial charge in [0.2, 0.25) is 5.91 Å². The Kier molecular flexibility index (Phi) is 5.94. The van der Waals surface area contributed by atoms with Gasteiger partial charge in [-0.25, -0.2) is 0 Å². The van der Waals surface area contributed by atoms with Crippen molar-refractivity contribution in [3.8, 4) is 0 Å². The van der Waals surface area contributed by atoms with Crippen molar-refractivity contribution in [3.05, 3.63) is 34.6 Å². The van der Waals surface area contributed by atoms with Crippen molar-refractivity contribution < 1.29 is 4.79 Å². The Hall–Kier alpha value is -1.34. The SMILES string of the molecule is Cc1nnc(SCC(=O)Nc2cccc(Br)c2)n1C1CCCCC1. The zero-order valence-corrected chi connectivity index (χ0v) is 16.1. The van der Waals surface area contributed by atoms with Crippen LogP contribution in [0, 0.1) is 6.92 Å². The van der Waals surface area contributed by atoms with E-state index in [9.17, 15) is 4.79 Å². The van der Waals surface area contributed by atoms with Crippen LogP contribution in [0.3, 0.4) is 0 Å². The maximum atomic E-state index is 12.2. The molecule has 1 saturated carbocycles. The Labute approximate surface area is 154 Å². The molecule has 1 heterocycles. The van der Waals surface area contributed by atoms with Crippen molar-refractivity contribution in [3.63, 3.8) is 0 Å². The maximum absolute atomic E-state index is 12.2. The number of carbonyl (C=O) groups excluding carboxylic acids is 1. The molecule has 0 aliphatic heterocycles. The number of halogens is 1. The number of nitrogens with one attached hydrogen (secondary N) is 1. The van der Waals surface area contributed by atoms with Gasteiger partial charge in [-0.3, -0.25) is 4.79 Å². The molecule has 1 aromatic carbocycles. The second-order valence-electron chi connectivity index (χ2n) is 6.04. The topological polar surface area (TPSA) is 59.8 Å². The lowest BCUT2D eigenvalue weighted by atomic mass is 9.95. The van der Waals surface area contributed by atoms with E-state index in [1.54, 1.807) is 0 Å². The monoisotopic (exact) mass is 408 g/mol. The van der Waals surface area contributed by atoms with E-state index in [1.807, 2.05) is 31.2 Å². The Morgan fingerprint density at radius 2 is 2.12 bits per heavy atom. The lowest BCUT2D eigenvalue weighted by Crippen LogP contribution is -2.17. The molecule has 7 heteroatoms. The number of aryl methyl sites for hydroxylation is 1. The standard InChI is InChI=1S/C17H21BrN4OS/c1-12-20-21-17(22(12)15-8-3-2-4-9-15)24-11-16(23)19-14-7-5-6-13(18)10-14/h5-7,10,15H,2-4,8-9,11H2,1H3,(H,19,23). The van der Waals surface area contributed by atoms with Crippen LogP contribution in [0.5, 0.6) is 0 Å². The van der Waals surface area contributed by atoms with Gasteiger partial charge in [0.15, 0.2) is 5.16 Å². The molecule has 5 nitrogen and oxygen atoms in total. The van der Waals surface area contributed by atoms with E-state index in [-0.39, 0.29) is 5.91 Å². The number of carbonyl (C=O) groups is 1. The summed E-state index contributed by atoms with van der Waals surface area (Å²) in [5.41, 5.74) is 0.792. The molecule has 1 amide bonds. The van der Waals surface area contributed by atoms with Gasteiger partial charge in [0.1, 0.15) is 5.82 Å². The molecule has 24 heavy (non-hydrogen) atoms. The van der Waals surface area contributed by atoms with Crippen molar-refractivity contribution in [1.29, 1.82) is 0 Å². The summed E-state index contributed by atoms with van der Waals surface area (Å²) >= 11 is 4.86. The molecule has 0 atom stereocenters. The average molecular weight is 409 g/mol. The summed E-state index contributed by atoms with van der Waals surface area (Å²) in [6, 6.07) is 8.07. The number of aromatic nitrogens is 3. The first-order valence-electron chi connectivity index (χ1n) is 8.23. The molecule has 2 aromatic rings. The lowest BCUT2D eigenvalue weighted by molar-refractivity contribution is -0.113. The third kappa shape index (κ3) is 4.39. The molecule has 0 unspecified atom stereocenters. The summed E-state index contributed by atoms with van der Waals surface area (Å²) in [6.45, 7) is 1.99. The highest BCUT2D eigenvalue weighted by Gasteiger charge is 2.21. The third-order valence-electron chi connectivity index (χ3n) is 4.22. The molecule has 0 spiro atoms. The third-order valence-corrected chi connectivity index (χ3v) is 5.65. The van der Waals surface area contributed by atoms with Crippen LogP contribution in [0.2, 0.25) is 0 Å². The summed E-state index contributed by atoms with van der Waals surface area (Å²) in [5.74, 6) is 1.24. The Bertz CT molecular complexity index is 712.